The molecule has 0 bridgehead atoms. The molecule has 1 N–H and O–H groups in total. The fourth-order valence-corrected chi connectivity index (χ4v) is 4.09. The number of allylic oxidation sites excluding steroid dienone is 6. The van der Waals surface area contributed by atoms with Crippen LogP contribution in [0.4, 0.5) is 10.2 Å². The predicted octanol–water partition coefficient (Wildman–Crippen LogP) is 4.23. The largest absolute Gasteiger partial charge is 0.354 e. The molecule has 0 amide bonds. The molecular formula is C24H23FN4O3. The third kappa shape index (κ3) is 3.23. The van der Waals surface area contributed by atoms with Gasteiger partial charge >= 0.3 is 5.69 Å². The van der Waals surface area contributed by atoms with E-state index in [1.165, 1.54) is 16.7 Å². The van der Waals surface area contributed by atoms with Gasteiger partial charge in [-0.05, 0) is 62.1 Å². The maximum Gasteiger partial charge on any atom is 0.354 e. The first-order chi connectivity index (χ1) is 15.1. The van der Waals surface area contributed by atoms with Crippen molar-refractivity contribution in [3.05, 3.63) is 86.2 Å². The van der Waals surface area contributed by atoms with Gasteiger partial charge in [-0.3, -0.25) is 15.0 Å². The Morgan fingerprint density at radius 1 is 1.16 bits per heavy atom. The van der Waals surface area contributed by atoms with E-state index in [1.807, 2.05) is 20.8 Å². The number of aryl methyl sites for hydroxylation is 2. The zero-order chi connectivity index (χ0) is 23.3. The van der Waals surface area contributed by atoms with Gasteiger partial charge in [0.15, 0.2) is 11.6 Å². The molecule has 0 spiro atoms. The number of fused-ring (bicyclic) bond motifs is 1. The number of hydroxylamine groups is 1. The van der Waals surface area contributed by atoms with Gasteiger partial charge in [0.25, 0.3) is 0 Å². The van der Waals surface area contributed by atoms with Crippen molar-refractivity contribution in [3.8, 4) is 5.69 Å². The Morgan fingerprint density at radius 3 is 2.53 bits per heavy atom. The number of hydrogen-bond donors (Lipinski definition) is 1. The van der Waals surface area contributed by atoms with Crippen molar-refractivity contribution in [2.24, 2.45) is 0 Å². The lowest BCUT2D eigenvalue weighted by atomic mass is 9.95. The number of pyridine rings is 1. The van der Waals surface area contributed by atoms with Gasteiger partial charge < -0.3 is 0 Å². The Labute approximate surface area is 184 Å². The molecule has 164 valence electrons. The van der Waals surface area contributed by atoms with Crippen LogP contribution >= 0.6 is 0 Å². The van der Waals surface area contributed by atoms with E-state index in [9.17, 15) is 19.2 Å². The molecule has 4 rings (SSSR count). The van der Waals surface area contributed by atoms with Crippen LogP contribution in [0.2, 0.25) is 0 Å². The minimum absolute atomic E-state index is 0.0213. The smallest absolute Gasteiger partial charge is 0.289 e. The van der Waals surface area contributed by atoms with E-state index in [1.54, 1.807) is 32.2 Å². The number of hydrogen-bond acceptors (Lipinski definition) is 6. The molecule has 0 saturated heterocycles. The molecule has 8 heteroatoms. The van der Waals surface area contributed by atoms with Crippen LogP contribution in [0.3, 0.4) is 0 Å². The quantitative estimate of drug-likeness (QED) is 0.712. The number of anilines is 1. The number of carbonyl (C=O) groups excluding carboxylic acids is 1. The van der Waals surface area contributed by atoms with Gasteiger partial charge in [-0.1, -0.05) is 19.9 Å². The summed E-state index contributed by atoms with van der Waals surface area (Å²) < 4.78 is 16.0. The summed E-state index contributed by atoms with van der Waals surface area (Å²) in [4.78, 5) is 34.3. The first kappa shape index (κ1) is 21.6. The molecule has 1 aliphatic heterocycles. The summed E-state index contributed by atoms with van der Waals surface area (Å²) in [6, 6.07) is 1.77. The number of aromatic nitrogens is 3. The van der Waals surface area contributed by atoms with E-state index in [0.717, 1.165) is 16.7 Å². The van der Waals surface area contributed by atoms with Gasteiger partial charge in [-0.25, -0.2) is 18.8 Å². The van der Waals surface area contributed by atoms with Crippen LogP contribution < -0.4 is 10.8 Å². The summed E-state index contributed by atoms with van der Waals surface area (Å²) in [5.74, 6) is -1.27. The standard InChI is InChI=1S/C24H23FN4O3/c1-12(2)20-22(13(3)9-10-26-20)28-23-16(15(5)27-24(28)31)11-14(4)21(29(23)32)19-17(25)7-6-8-18(19)30/h6-12,32H,1-5H3. The first-order valence-electron chi connectivity index (χ1n) is 10.2. The van der Waals surface area contributed by atoms with Crippen molar-refractivity contribution >= 4 is 17.7 Å². The SMILES string of the molecule is CC1=Cc2c(C)nc(=O)n(-c3c(C)ccnc3C(C)C)c2N(O)C1=C1C(=O)C=CC=C1F. The topological polar surface area (TPSA) is 88.3 Å². The molecule has 0 unspecified atom stereocenters. The van der Waals surface area contributed by atoms with Gasteiger partial charge in [-0.15, -0.1) is 0 Å². The van der Waals surface area contributed by atoms with Crippen molar-refractivity contribution < 1.29 is 14.4 Å². The maximum atomic E-state index is 14.7. The molecule has 3 heterocycles. The third-order valence-electron chi connectivity index (χ3n) is 5.58. The Kier molecular flexibility index (Phi) is 5.26. The lowest BCUT2D eigenvalue weighted by Gasteiger charge is -2.32. The second-order valence-corrected chi connectivity index (χ2v) is 8.17. The van der Waals surface area contributed by atoms with Crippen LogP contribution in [0.5, 0.6) is 0 Å². The van der Waals surface area contributed by atoms with Crippen LogP contribution in [-0.2, 0) is 4.79 Å². The Bertz CT molecular complexity index is 1350. The molecule has 0 saturated carbocycles. The number of nitrogens with zero attached hydrogens (tertiary/aromatic N) is 4. The Balaban J connectivity index is 2.12. The highest BCUT2D eigenvalue weighted by molar-refractivity contribution is 6.10. The summed E-state index contributed by atoms with van der Waals surface area (Å²) >= 11 is 0. The van der Waals surface area contributed by atoms with E-state index >= 15 is 0 Å². The van der Waals surface area contributed by atoms with Crippen molar-refractivity contribution in [2.45, 2.75) is 40.5 Å². The van der Waals surface area contributed by atoms with Crippen molar-refractivity contribution in [3.63, 3.8) is 0 Å². The molecule has 0 fully saturated rings. The highest BCUT2D eigenvalue weighted by Crippen LogP contribution is 2.40. The molecule has 0 atom stereocenters. The maximum absolute atomic E-state index is 14.7. The second kappa shape index (κ2) is 7.80. The van der Waals surface area contributed by atoms with Crippen molar-refractivity contribution in [1.29, 1.82) is 0 Å². The van der Waals surface area contributed by atoms with Gasteiger partial charge in [0.1, 0.15) is 5.83 Å². The molecule has 32 heavy (non-hydrogen) atoms. The average molecular weight is 434 g/mol. The van der Waals surface area contributed by atoms with Crippen LogP contribution in [0.15, 0.2) is 58.0 Å². The second-order valence-electron chi connectivity index (χ2n) is 8.17. The first-order valence-corrected chi connectivity index (χ1v) is 10.2. The molecule has 7 nitrogen and oxygen atoms in total. The van der Waals surface area contributed by atoms with E-state index < -0.39 is 17.3 Å². The zero-order valence-corrected chi connectivity index (χ0v) is 18.5. The van der Waals surface area contributed by atoms with E-state index in [0.29, 0.717) is 28.2 Å². The normalized spacial score (nSPS) is 18.1. The lowest BCUT2D eigenvalue weighted by molar-refractivity contribution is -0.111. The van der Waals surface area contributed by atoms with Crippen LogP contribution in [-0.4, -0.2) is 25.5 Å². The van der Waals surface area contributed by atoms with Crippen LogP contribution in [0.1, 0.15) is 49.2 Å². The van der Waals surface area contributed by atoms with E-state index in [2.05, 4.69) is 9.97 Å². The number of carbonyl (C=O) groups is 1. The monoisotopic (exact) mass is 434 g/mol. The number of halogens is 1. The molecular weight excluding hydrogens is 411 g/mol. The fraction of sp³-hybridized carbons (Fsp3) is 0.250. The molecule has 2 aliphatic rings. The summed E-state index contributed by atoms with van der Waals surface area (Å²) in [6.07, 6.45) is 7.07. The van der Waals surface area contributed by atoms with Gasteiger partial charge in [-0.2, -0.15) is 4.98 Å². The fourth-order valence-electron chi connectivity index (χ4n) is 4.09. The average Bonchev–Trinajstić information content (AvgIpc) is 2.71. The Morgan fingerprint density at radius 2 is 1.88 bits per heavy atom. The van der Waals surface area contributed by atoms with Crippen LogP contribution in [0.25, 0.3) is 11.8 Å². The van der Waals surface area contributed by atoms with Crippen molar-refractivity contribution in [1.82, 2.24) is 14.5 Å². The summed E-state index contributed by atoms with van der Waals surface area (Å²) in [5, 5.41) is 12.1. The van der Waals surface area contributed by atoms with E-state index in [-0.39, 0.29) is 23.0 Å². The third-order valence-corrected chi connectivity index (χ3v) is 5.58. The number of ketones is 1. The molecule has 1 aliphatic carbocycles. The minimum Gasteiger partial charge on any atom is -0.289 e. The van der Waals surface area contributed by atoms with Gasteiger partial charge in [0.2, 0.25) is 0 Å². The Hall–Kier alpha value is -3.65. The molecule has 2 aromatic rings. The lowest BCUT2D eigenvalue weighted by Crippen LogP contribution is -2.35. The van der Waals surface area contributed by atoms with E-state index in [4.69, 9.17) is 0 Å². The highest BCUT2D eigenvalue weighted by atomic mass is 19.1. The molecule has 0 radical (unpaired) electrons. The van der Waals surface area contributed by atoms with Gasteiger partial charge in [0, 0.05) is 11.8 Å². The number of rotatable bonds is 2. The molecule has 0 aromatic carbocycles. The van der Waals surface area contributed by atoms with Crippen LogP contribution in [0, 0.1) is 13.8 Å². The van der Waals surface area contributed by atoms with Crippen molar-refractivity contribution in [2.75, 3.05) is 5.06 Å². The zero-order valence-electron chi connectivity index (χ0n) is 18.5. The molecule has 2 aromatic heterocycles. The summed E-state index contributed by atoms with van der Waals surface area (Å²) in [7, 11) is 0. The summed E-state index contributed by atoms with van der Waals surface area (Å²) in [6.45, 7) is 9.06. The highest BCUT2D eigenvalue weighted by Gasteiger charge is 2.33. The summed E-state index contributed by atoms with van der Waals surface area (Å²) in [5.41, 5.74) is 2.37. The predicted molar refractivity (Wildman–Crippen MR) is 119 cm³/mol. The minimum atomic E-state index is -0.761. The van der Waals surface area contributed by atoms with Gasteiger partial charge in [0.05, 0.1) is 28.3 Å².